The molecule has 1 amide bonds. The Kier molecular flexibility index (Phi) is 4.23. The van der Waals surface area contributed by atoms with Crippen LogP contribution >= 0.6 is 0 Å². The number of nitro benzene ring substituents is 1. The van der Waals surface area contributed by atoms with Crippen LogP contribution in [0.1, 0.15) is 11.1 Å². The lowest BCUT2D eigenvalue weighted by molar-refractivity contribution is -0.385. The number of hydrogen-bond donors (Lipinski definition) is 1. The summed E-state index contributed by atoms with van der Waals surface area (Å²) in [7, 11) is 0. The van der Waals surface area contributed by atoms with E-state index in [0.717, 1.165) is 11.3 Å². The number of rotatable bonds is 4. The molecular formula is C17H16N2O4. The van der Waals surface area contributed by atoms with Crippen molar-refractivity contribution in [2.24, 2.45) is 0 Å². The average Bonchev–Trinajstić information content (AvgIpc) is 2.55. The van der Waals surface area contributed by atoms with E-state index in [9.17, 15) is 14.9 Å². The standard InChI is InChI=1S/C17H16N2O4/c20-17(10-12-5-1-3-7-15(12)19(21)22)18-14-9-13-6-2-4-8-16(13)23-11-14/h1-8,14H,9-11H2,(H,18,20). The number of carbonyl (C=O) groups excluding carboxylic acids is 1. The van der Waals surface area contributed by atoms with E-state index < -0.39 is 4.92 Å². The van der Waals surface area contributed by atoms with Gasteiger partial charge >= 0.3 is 0 Å². The maximum absolute atomic E-state index is 12.2. The normalized spacial score (nSPS) is 16.1. The van der Waals surface area contributed by atoms with Crippen molar-refractivity contribution in [2.75, 3.05) is 6.61 Å². The molecule has 1 unspecified atom stereocenters. The molecule has 1 N–H and O–H groups in total. The minimum atomic E-state index is -0.470. The Morgan fingerprint density at radius 2 is 1.96 bits per heavy atom. The lowest BCUT2D eigenvalue weighted by Gasteiger charge is -2.26. The molecule has 23 heavy (non-hydrogen) atoms. The Morgan fingerprint density at radius 1 is 1.22 bits per heavy atom. The molecule has 1 heterocycles. The summed E-state index contributed by atoms with van der Waals surface area (Å²) >= 11 is 0. The summed E-state index contributed by atoms with van der Waals surface area (Å²) < 4.78 is 5.63. The molecular weight excluding hydrogens is 296 g/mol. The Balaban J connectivity index is 1.64. The second-order valence-electron chi connectivity index (χ2n) is 5.45. The number of carbonyl (C=O) groups is 1. The molecule has 0 bridgehead atoms. The van der Waals surface area contributed by atoms with Gasteiger partial charge in [-0.1, -0.05) is 36.4 Å². The van der Waals surface area contributed by atoms with Crippen molar-refractivity contribution in [1.29, 1.82) is 0 Å². The third-order valence-corrected chi connectivity index (χ3v) is 3.78. The van der Waals surface area contributed by atoms with Crippen LogP contribution in [0.25, 0.3) is 0 Å². The highest BCUT2D eigenvalue weighted by Crippen LogP contribution is 2.24. The van der Waals surface area contributed by atoms with Crippen molar-refractivity contribution in [3.05, 3.63) is 69.8 Å². The first kappa shape index (κ1) is 15.0. The fourth-order valence-corrected chi connectivity index (χ4v) is 2.71. The van der Waals surface area contributed by atoms with Crippen LogP contribution in [0.4, 0.5) is 5.69 Å². The summed E-state index contributed by atoms with van der Waals surface area (Å²) in [5.41, 5.74) is 1.43. The van der Waals surface area contributed by atoms with Gasteiger partial charge in [0.15, 0.2) is 0 Å². The molecule has 118 valence electrons. The van der Waals surface area contributed by atoms with Gasteiger partial charge in [0.05, 0.1) is 17.4 Å². The molecule has 6 heteroatoms. The van der Waals surface area contributed by atoms with Crippen molar-refractivity contribution >= 4 is 11.6 Å². The first-order valence-corrected chi connectivity index (χ1v) is 7.36. The van der Waals surface area contributed by atoms with Gasteiger partial charge in [-0.15, -0.1) is 0 Å². The summed E-state index contributed by atoms with van der Waals surface area (Å²) in [4.78, 5) is 22.7. The van der Waals surface area contributed by atoms with Crippen LogP contribution in [0.5, 0.6) is 5.75 Å². The van der Waals surface area contributed by atoms with Gasteiger partial charge in [0, 0.05) is 11.6 Å². The molecule has 0 fully saturated rings. The summed E-state index contributed by atoms with van der Waals surface area (Å²) in [6, 6.07) is 13.9. The van der Waals surface area contributed by atoms with Gasteiger partial charge < -0.3 is 10.1 Å². The third-order valence-electron chi connectivity index (χ3n) is 3.78. The van der Waals surface area contributed by atoms with E-state index >= 15 is 0 Å². The van der Waals surface area contributed by atoms with Gasteiger partial charge in [-0.3, -0.25) is 14.9 Å². The molecule has 0 aliphatic carbocycles. The summed E-state index contributed by atoms with van der Waals surface area (Å²) in [5.74, 6) is 0.601. The maximum Gasteiger partial charge on any atom is 0.273 e. The number of ether oxygens (including phenoxy) is 1. The van der Waals surface area contributed by atoms with Gasteiger partial charge in [0.1, 0.15) is 12.4 Å². The highest BCUT2D eigenvalue weighted by atomic mass is 16.6. The minimum Gasteiger partial charge on any atom is -0.491 e. The minimum absolute atomic E-state index is 0.0186. The monoisotopic (exact) mass is 312 g/mol. The lowest BCUT2D eigenvalue weighted by atomic mass is 10.0. The van der Waals surface area contributed by atoms with Crippen LogP contribution in [0, 0.1) is 10.1 Å². The van der Waals surface area contributed by atoms with E-state index in [4.69, 9.17) is 4.74 Å². The zero-order valence-electron chi connectivity index (χ0n) is 12.4. The first-order chi connectivity index (χ1) is 11.1. The number of amides is 1. The van der Waals surface area contributed by atoms with Gasteiger partial charge in [0.25, 0.3) is 5.69 Å². The number of fused-ring (bicyclic) bond motifs is 1. The molecule has 2 aromatic rings. The molecule has 1 atom stereocenters. The van der Waals surface area contributed by atoms with Crippen LogP contribution in [0.2, 0.25) is 0 Å². The first-order valence-electron chi connectivity index (χ1n) is 7.36. The van der Waals surface area contributed by atoms with E-state index in [0.29, 0.717) is 18.6 Å². The zero-order valence-corrected chi connectivity index (χ0v) is 12.4. The molecule has 6 nitrogen and oxygen atoms in total. The number of nitrogens with one attached hydrogen (secondary N) is 1. The number of hydrogen-bond acceptors (Lipinski definition) is 4. The fraction of sp³-hybridized carbons (Fsp3) is 0.235. The highest BCUT2D eigenvalue weighted by molar-refractivity contribution is 5.80. The molecule has 1 aliphatic heterocycles. The van der Waals surface area contributed by atoms with Crippen molar-refractivity contribution in [3.8, 4) is 5.75 Å². The van der Waals surface area contributed by atoms with Crippen LogP contribution in [0.3, 0.4) is 0 Å². The maximum atomic E-state index is 12.2. The zero-order chi connectivity index (χ0) is 16.2. The predicted octanol–water partition coefficient (Wildman–Crippen LogP) is 2.26. The molecule has 0 saturated carbocycles. The molecule has 0 spiro atoms. The fourth-order valence-electron chi connectivity index (χ4n) is 2.71. The van der Waals surface area contributed by atoms with Crippen LogP contribution in [-0.4, -0.2) is 23.5 Å². The second kappa shape index (κ2) is 6.48. The van der Waals surface area contributed by atoms with Crippen LogP contribution in [0.15, 0.2) is 48.5 Å². The van der Waals surface area contributed by atoms with E-state index in [1.54, 1.807) is 18.2 Å². The summed E-state index contributed by atoms with van der Waals surface area (Å²) in [6.45, 7) is 0.402. The van der Waals surface area contributed by atoms with Gasteiger partial charge in [-0.2, -0.15) is 0 Å². The Bertz CT molecular complexity index is 745. The smallest absolute Gasteiger partial charge is 0.273 e. The topological polar surface area (TPSA) is 81.5 Å². The highest BCUT2D eigenvalue weighted by Gasteiger charge is 2.22. The van der Waals surface area contributed by atoms with Gasteiger partial charge in [-0.05, 0) is 18.1 Å². The molecule has 0 saturated heterocycles. The molecule has 0 aromatic heterocycles. The van der Waals surface area contributed by atoms with Crippen molar-refractivity contribution < 1.29 is 14.5 Å². The summed E-state index contributed by atoms with van der Waals surface area (Å²) in [6.07, 6.45) is 0.675. The number of nitrogens with zero attached hydrogens (tertiary/aromatic N) is 1. The van der Waals surface area contributed by atoms with E-state index in [1.807, 2.05) is 24.3 Å². The Morgan fingerprint density at radius 3 is 2.78 bits per heavy atom. The largest absolute Gasteiger partial charge is 0.491 e. The van der Waals surface area contributed by atoms with Crippen molar-refractivity contribution in [1.82, 2.24) is 5.32 Å². The molecule has 3 rings (SSSR count). The summed E-state index contributed by atoms with van der Waals surface area (Å²) in [5, 5.41) is 13.9. The third kappa shape index (κ3) is 3.48. The van der Waals surface area contributed by atoms with E-state index in [1.165, 1.54) is 6.07 Å². The molecule has 0 radical (unpaired) electrons. The van der Waals surface area contributed by atoms with E-state index in [-0.39, 0.29) is 24.1 Å². The number of para-hydroxylation sites is 2. The van der Waals surface area contributed by atoms with Crippen LogP contribution < -0.4 is 10.1 Å². The second-order valence-corrected chi connectivity index (χ2v) is 5.45. The number of nitro groups is 1. The molecule has 1 aliphatic rings. The Hall–Kier alpha value is -2.89. The SMILES string of the molecule is O=C(Cc1ccccc1[N+](=O)[O-])NC1COc2ccccc2C1. The van der Waals surface area contributed by atoms with E-state index in [2.05, 4.69) is 5.32 Å². The Labute approximate surface area is 133 Å². The van der Waals surface area contributed by atoms with Crippen LogP contribution in [-0.2, 0) is 17.6 Å². The predicted molar refractivity (Wildman–Crippen MR) is 84.4 cm³/mol. The van der Waals surface area contributed by atoms with Crippen molar-refractivity contribution in [3.63, 3.8) is 0 Å². The van der Waals surface area contributed by atoms with Gasteiger partial charge in [0.2, 0.25) is 5.91 Å². The molecule has 2 aromatic carbocycles. The lowest BCUT2D eigenvalue weighted by Crippen LogP contribution is -2.43. The average molecular weight is 312 g/mol. The van der Waals surface area contributed by atoms with Crippen molar-refractivity contribution in [2.45, 2.75) is 18.9 Å². The quantitative estimate of drug-likeness (QED) is 0.693. The number of benzene rings is 2. The van der Waals surface area contributed by atoms with Gasteiger partial charge in [-0.25, -0.2) is 0 Å².